The van der Waals surface area contributed by atoms with Crippen LogP contribution in [0.4, 0.5) is 5.13 Å². The van der Waals surface area contributed by atoms with Gasteiger partial charge in [-0.1, -0.05) is 65.9 Å². The second-order valence-corrected chi connectivity index (χ2v) is 9.56. The fourth-order valence-electron chi connectivity index (χ4n) is 4.54. The minimum absolute atomic E-state index is 0.241. The maximum atomic E-state index is 12.8. The molecular weight excluding hydrogens is 468 g/mol. The van der Waals surface area contributed by atoms with E-state index in [2.05, 4.69) is 40.6 Å². The van der Waals surface area contributed by atoms with E-state index in [-0.39, 0.29) is 5.91 Å². The lowest BCUT2D eigenvalue weighted by Gasteiger charge is -2.10. The monoisotopic (exact) mass is 490 g/mol. The zero-order valence-corrected chi connectivity index (χ0v) is 20.6. The summed E-state index contributed by atoms with van der Waals surface area (Å²) in [7, 11) is 1.62. The van der Waals surface area contributed by atoms with Crippen molar-refractivity contribution in [3.63, 3.8) is 0 Å². The molecule has 2 heterocycles. The van der Waals surface area contributed by atoms with Crippen LogP contribution in [0, 0.1) is 0 Å². The molecule has 0 aliphatic carbocycles. The van der Waals surface area contributed by atoms with Crippen molar-refractivity contribution in [2.75, 3.05) is 12.4 Å². The summed E-state index contributed by atoms with van der Waals surface area (Å²) in [4.78, 5) is 17.3. The number of para-hydroxylation sites is 1. The number of furan rings is 1. The van der Waals surface area contributed by atoms with Gasteiger partial charge in [0, 0.05) is 28.7 Å². The van der Waals surface area contributed by atoms with Crippen LogP contribution < -0.4 is 10.1 Å². The molecule has 0 fully saturated rings. The SMILES string of the molecule is COc1cc2occ(-c3cccc4ccccc34)c2cc1/C(C)=C/C(=O)Nc1nc2ccccc2s1. The normalized spacial score (nSPS) is 11.9. The number of hydrogen-bond acceptors (Lipinski definition) is 5. The van der Waals surface area contributed by atoms with Gasteiger partial charge in [0.15, 0.2) is 5.13 Å². The number of anilines is 1. The van der Waals surface area contributed by atoms with E-state index in [1.54, 1.807) is 19.4 Å². The fourth-order valence-corrected chi connectivity index (χ4v) is 5.41. The predicted octanol–water partition coefficient (Wildman–Crippen LogP) is 7.91. The van der Waals surface area contributed by atoms with Gasteiger partial charge < -0.3 is 9.15 Å². The minimum Gasteiger partial charge on any atom is -0.496 e. The summed E-state index contributed by atoms with van der Waals surface area (Å²) in [6.45, 7) is 1.90. The highest BCUT2D eigenvalue weighted by atomic mass is 32.1. The number of hydrogen-bond donors (Lipinski definition) is 1. The molecule has 0 spiro atoms. The Morgan fingerprint density at radius 1 is 0.972 bits per heavy atom. The van der Waals surface area contributed by atoms with Gasteiger partial charge in [-0.3, -0.25) is 10.1 Å². The molecule has 0 unspecified atom stereocenters. The van der Waals surface area contributed by atoms with Gasteiger partial charge in [-0.2, -0.15) is 0 Å². The summed E-state index contributed by atoms with van der Waals surface area (Å²) < 4.78 is 12.6. The van der Waals surface area contributed by atoms with Crippen LogP contribution in [0.15, 0.2) is 95.6 Å². The number of carbonyl (C=O) groups is 1. The summed E-state index contributed by atoms with van der Waals surface area (Å²) in [5.74, 6) is 0.401. The number of amides is 1. The number of nitrogens with zero attached hydrogens (tertiary/aromatic N) is 1. The Balaban J connectivity index is 1.39. The molecule has 0 saturated carbocycles. The van der Waals surface area contributed by atoms with E-state index < -0.39 is 0 Å². The molecule has 5 nitrogen and oxygen atoms in total. The molecule has 1 amide bonds. The van der Waals surface area contributed by atoms with Crippen LogP contribution in [0.25, 0.3) is 48.7 Å². The van der Waals surface area contributed by atoms with Gasteiger partial charge in [0.05, 0.1) is 23.6 Å². The van der Waals surface area contributed by atoms with Gasteiger partial charge in [0.25, 0.3) is 0 Å². The number of allylic oxidation sites excluding steroid dienone is 1. The van der Waals surface area contributed by atoms with Gasteiger partial charge in [-0.15, -0.1) is 0 Å². The summed E-state index contributed by atoms with van der Waals surface area (Å²) in [6.07, 6.45) is 3.36. The number of ether oxygens (including phenoxy) is 1. The lowest BCUT2D eigenvalue weighted by Crippen LogP contribution is -2.08. The van der Waals surface area contributed by atoms with E-state index in [0.717, 1.165) is 48.8 Å². The molecule has 6 heteroatoms. The molecule has 0 aliphatic heterocycles. The predicted molar refractivity (Wildman–Crippen MR) is 148 cm³/mol. The van der Waals surface area contributed by atoms with Crippen molar-refractivity contribution >= 4 is 59.9 Å². The third kappa shape index (κ3) is 3.91. The Morgan fingerprint density at radius 3 is 2.64 bits per heavy atom. The lowest BCUT2D eigenvalue weighted by molar-refractivity contribution is -0.111. The quantitative estimate of drug-likeness (QED) is 0.249. The third-order valence-electron chi connectivity index (χ3n) is 6.27. The number of methoxy groups -OCH3 is 1. The molecule has 6 aromatic rings. The molecule has 1 N–H and O–H groups in total. The second-order valence-electron chi connectivity index (χ2n) is 8.53. The molecule has 2 aromatic heterocycles. The molecule has 6 rings (SSSR count). The number of benzene rings is 4. The van der Waals surface area contributed by atoms with Crippen LogP contribution in [0.5, 0.6) is 5.75 Å². The lowest BCUT2D eigenvalue weighted by atomic mass is 9.96. The first-order valence-electron chi connectivity index (χ1n) is 11.5. The van der Waals surface area contributed by atoms with Crippen LogP contribution in [0.2, 0.25) is 0 Å². The Hall–Kier alpha value is -4.42. The van der Waals surface area contributed by atoms with Crippen molar-refractivity contribution in [2.45, 2.75) is 6.92 Å². The second kappa shape index (κ2) is 8.98. The van der Waals surface area contributed by atoms with E-state index in [1.165, 1.54) is 16.7 Å². The number of fused-ring (bicyclic) bond motifs is 3. The van der Waals surface area contributed by atoms with Crippen molar-refractivity contribution in [3.05, 3.63) is 96.8 Å². The molecule has 0 bridgehead atoms. The highest BCUT2D eigenvalue weighted by Gasteiger charge is 2.16. The maximum Gasteiger partial charge on any atom is 0.250 e. The standard InChI is InChI=1S/C30H22N2O3S/c1-18(14-29(33)32-30-31-25-12-5-6-13-28(25)36-30)22-15-23-24(17-35-27(23)16-26(22)34-2)21-11-7-9-19-8-3-4-10-20(19)21/h3-17H,1-2H3,(H,31,32,33)/b18-14+. The minimum atomic E-state index is -0.241. The van der Waals surface area contributed by atoms with E-state index >= 15 is 0 Å². The van der Waals surface area contributed by atoms with Crippen LogP contribution in [0.1, 0.15) is 12.5 Å². The topological polar surface area (TPSA) is 64.4 Å². The summed E-state index contributed by atoms with van der Waals surface area (Å²) in [5, 5.41) is 6.74. The maximum absolute atomic E-state index is 12.8. The van der Waals surface area contributed by atoms with Gasteiger partial charge in [0.2, 0.25) is 5.91 Å². The molecule has 0 aliphatic rings. The van der Waals surface area contributed by atoms with E-state index in [4.69, 9.17) is 9.15 Å². The highest BCUT2D eigenvalue weighted by Crippen LogP contribution is 2.39. The molecule has 36 heavy (non-hydrogen) atoms. The number of carbonyl (C=O) groups excluding carboxylic acids is 1. The molecule has 0 saturated heterocycles. The third-order valence-corrected chi connectivity index (χ3v) is 7.22. The molecule has 176 valence electrons. The van der Waals surface area contributed by atoms with Crippen LogP contribution in [0.3, 0.4) is 0 Å². The van der Waals surface area contributed by atoms with E-state index in [1.807, 2.05) is 55.5 Å². The highest BCUT2D eigenvalue weighted by molar-refractivity contribution is 7.22. The molecule has 0 radical (unpaired) electrons. The van der Waals surface area contributed by atoms with E-state index in [9.17, 15) is 4.79 Å². The fraction of sp³-hybridized carbons (Fsp3) is 0.0667. The van der Waals surface area contributed by atoms with Gasteiger partial charge in [0.1, 0.15) is 11.3 Å². The first kappa shape index (κ1) is 22.1. The van der Waals surface area contributed by atoms with Gasteiger partial charge >= 0.3 is 0 Å². The zero-order valence-electron chi connectivity index (χ0n) is 19.7. The number of nitrogens with one attached hydrogen (secondary N) is 1. The Kier molecular flexibility index (Phi) is 5.51. The summed E-state index contributed by atoms with van der Waals surface area (Å²) >= 11 is 1.45. The van der Waals surface area contributed by atoms with Crippen LogP contribution >= 0.6 is 11.3 Å². The number of thiazole rings is 1. The van der Waals surface area contributed by atoms with Crippen molar-refractivity contribution in [1.29, 1.82) is 0 Å². The van der Waals surface area contributed by atoms with Crippen LogP contribution in [-0.2, 0) is 4.79 Å². The zero-order chi connectivity index (χ0) is 24.6. The Labute approximate surface area is 211 Å². The van der Waals surface area contributed by atoms with Crippen molar-refractivity contribution in [1.82, 2.24) is 4.98 Å². The first-order chi connectivity index (χ1) is 17.6. The molecule has 4 aromatic carbocycles. The van der Waals surface area contributed by atoms with Crippen molar-refractivity contribution in [3.8, 4) is 16.9 Å². The van der Waals surface area contributed by atoms with Crippen LogP contribution in [-0.4, -0.2) is 18.0 Å². The molecular formula is C30H22N2O3S. The first-order valence-corrected chi connectivity index (χ1v) is 12.3. The average Bonchev–Trinajstić information content (AvgIpc) is 3.50. The number of aromatic nitrogens is 1. The number of rotatable bonds is 5. The largest absolute Gasteiger partial charge is 0.496 e. The van der Waals surface area contributed by atoms with Gasteiger partial charge in [-0.05, 0) is 47.0 Å². The summed E-state index contributed by atoms with van der Waals surface area (Å²) in [6, 6.07) is 26.3. The molecule has 0 atom stereocenters. The average molecular weight is 491 g/mol. The van der Waals surface area contributed by atoms with Gasteiger partial charge in [-0.25, -0.2) is 4.98 Å². The Bertz CT molecular complexity index is 1760. The smallest absolute Gasteiger partial charge is 0.250 e. The Morgan fingerprint density at radius 2 is 1.78 bits per heavy atom. The van der Waals surface area contributed by atoms with Crippen molar-refractivity contribution < 1.29 is 13.9 Å². The van der Waals surface area contributed by atoms with Crippen molar-refractivity contribution in [2.24, 2.45) is 0 Å². The summed E-state index contributed by atoms with van der Waals surface area (Å²) in [5.41, 5.74) is 5.29. The van der Waals surface area contributed by atoms with E-state index in [0.29, 0.717) is 10.9 Å².